The first-order valence-electron chi connectivity index (χ1n) is 13.6. The van der Waals surface area contributed by atoms with E-state index >= 15 is 0 Å². The van der Waals surface area contributed by atoms with Crippen molar-refractivity contribution in [2.75, 3.05) is 6.54 Å². The first-order valence-corrected chi connectivity index (χ1v) is 17.9. The number of terminal acetylenes is 1. The summed E-state index contributed by atoms with van der Waals surface area (Å²) in [6.07, 6.45) is 14.9. The predicted octanol–water partition coefficient (Wildman–Crippen LogP) is 12.0. The Morgan fingerprint density at radius 1 is 0.930 bits per heavy atom. The van der Waals surface area contributed by atoms with Crippen molar-refractivity contribution in [2.45, 2.75) is 101 Å². The summed E-state index contributed by atoms with van der Waals surface area (Å²) in [6, 6.07) is 0. The van der Waals surface area contributed by atoms with Gasteiger partial charge in [-0.05, 0) is 108 Å². The fourth-order valence-corrected chi connectivity index (χ4v) is 4.63. The van der Waals surface area contributed by atoms with E-state index < -0.39 is 0 Å². The minimum absolute atomic E-state index is 0. The van der Waals surface area contributed by atoms with E-state index in [4.69, 9.17) is 12.0 Å². The molecule has 0 saturated heterocycles. The average Bonchev–Trinajstić information content (AvgIpc) is 3.42. The first-order chi connectivity index (χ1) is 19.7. The van der Waals surface area contributed by atoms with Crippen LogP contribution in [0.4, 0.5) is 0 Å². The Labute approximate surface area is 290 Å². The van der Waals surface area contributed by atoms with Crippen molar-refractivity contribution in [3.63, 3.8) is 0 Å². The van der Waals surface area contributed by atoms with Crippen molar-refractivity contribution in [1.29, 1.82) is 5.53 Å². The number of allylic oxidation sites excluding steroid dienone is 8. The molecule has 43 heavy (non-hydrogen) atoms. The number of hydrogen-bond donors (Lipinski definition) is 1. The van der Waals surface area contributed by atoms with Crippen molar-refractivity contribution in [3.05, 3.63) is 81.1 Å². The summed E-state index contributed by atoms with van der Waals surface area (Å²) in [5.41, 5.74) is 9.48. The molecule has 0 radical (unpaired) electrons. The molecule has 0 aliphatic heterocycles. The van der Waals surface area contributed by atoms with E-state index in [1.807, 2.05) is 59.3 Å². The summed E-state index contributed by atoms with van der Waals surface area (Å²) in [5.74, 6) is 2.54. The molecule has 6 nitrogen and oxygen atoms in total. The molecule has 11 heteroatoms. The third-order valence-corrected chi connectivity index (χ3v) is 9.59. The van der Waals surface area contributed by atoms with E-state index in [9.17, 15) is 0 Å². The van der Waals surface area contributed by atoms with Gasteiger partial charge in [0.25, 0.3) is 0 Å². The van der Waals surface area contributed by atoms with Gasteiger partial charge in [0.2, 0.25) is 4.91 Å². The largest absolute Gasteiger partial charge is 1.00 e. The van der Waals surface area contributed by atoms with Crippen LogP contribution in [-0.4, -0.2) is 21.5 Å². The SMILES string of the molecule is C#CCCC(=C)C.C=C(C)CCc1cn(CC)nn1.C=C(C)SS/C(C)=C/C.C=C(C)SS/C(C)=C/C.CCN=[N+]=N.[Cu+]. The first kappa shape index (κ1) is 51.0. The summed E-state index contributed by atoms with van der Waals surface area (Å²) in [5, 5.41) is 11.2. The van der Waals surface area contributed by atoms with Gasteiger partial charge in [-0.2, -0.15) is 0 Å². The molecule has 0 aliphatic rings. The third-order valence-electron chi connectivity index (χ3n) is 4.07. The van der Waals surface area contributed by atoms with Crippen LogP contribution in [0, 0.1) is 17.9 Å². The summed E-state index contributed by atoms with van der Waals surface area (Å²) < 4.78 is 1.84. The van der Waals surface area contributed by atoms with E-state index in [2.05, 4.69) is 85.5 Å². The molecule has 0 fully saturated rings. The zero-order valence-corrected chi connectivity index (χ0v) is 32.3. The molecule has 0 aromatic carbocycles. The molecule has 0 amide bonds. The van der Waals surface area contributed by atoms with Crippen LogP contribution in [0.15, 0.2) is 80.5 Å². The Kier molecular flexibility index (Phi) is 45.5. The molecule has 1 aromatic heterocycles. The second-order valence-electron chi connectivity index (χ2n) is 8.78. The van der Waals surface area contributed by atoms with Gasteiger partial charge in [0.1, 0.15) is 17.2 Å². The Morgan fingerprint density at radius 2 is 1.40 bits per heavy atom. The zero-order valence-electron chi connectivity index (χ0n) is 28.1. The molecule has 0 atom stereocenters. The molecular formula is C32H55CuN6S4+2. The van der Waals surface area contributed by atoms with Crippen LogP contribution < -0.4 is 4.91 Å². The van der Waals surface area contributed by atoms with Crippen molar-refractivity contribution in [2.24, 2.45) is 5.11 Å². The van der Waals surface area contributed by atoms with Crippen LogP contribution in [0.1, 0.15) is 94.2 Å². The van der Waals surface area contributed by atoms with E-state index in [0.717, 1.165) is 53.3 Å². The van der Waals surface area contributed by atoms with Gasteiger partial charge in [0.15, 0.2) is 0 Å². The van der Waals surface area contributed by atoms with Gasteiger partial charge in [-0.3, -0.25) is 4.68 Å². The second-order valence-corrected chi connectivity index (χ2v) is 14.1. The minimum atomic E-state index is 0. The maximum Gasteiger partial charge on any atom is 1.00 e. The molecule has 0 bridgehead atoms. The van der Waals surface area contributed by atoms with Crippen LogP contribution in [0.2, 0.25) is 0 Å². The van der Waals surface area contributed by atoms with Crippen LogP contribution in [0.3, 0.4) is 0 Å². The fraction of sp³-hybridized carbons (Fsp3) is 0.500. The monoisotopic (exact) mass is 714 g/mol. The van der Waals surface area contributed by atoms with Crippen LogP contribution in [0.25, 0.3) is 0 Å². The number of rotatable bonds is 13. The number of aromatic nitrogens is 3. The van der Waals surface area contributed by atoms with Crippen molar-refractivity contribution < 1.29 is 17.1 Å². The number of hydrogen-bond acceptors (Lipinski definition) is 8. The summed E-state index contributed by atoms with van der Waals surface area (Å²) in [6.45, 7) is 36.8. The summed E-state index contributed by atoms with van der Waals surface area (Å²) in [7, 11) is 6.96. The van der Waals surface area contributed by atoms with Gasteiger partial charge in [-0.1, -0.05) is 84.8 Å². The standard InChI is InChI=1S/C9H15N3.2C7H12S2.C7H10.C2H6N3.Cu/c1-4-12-7-9(10-11-12)6-5-8(2)3;2*1-5-7(4)9-8-6(2)3;1-4-5-6-7(2)3;1-2-4-5-3;/h7H,2,4-6H2,1,3H3;2*5H,2H2,1,3-4H3;1H,2,5-6H2,3H3;3H,2H2,1H3;/q;;;;2*+1/b;2*7-5+;;;. The van der Waals surface area contributed by atoms with E-state index in [0.29, 0.717) is 6.54 Å². The molecule has 0 spiro atoms. The smallest absolute Gasteiger partial charge is 0.253 e. The molecule has 1 N–H and O–H groups in total. The Balaban J connectivity index is -0.000000143. The van der Waals surface area contributed by atoms with Crippen LogP contribution >= 0.6 is 43.2 Å². The number of aryl methyl sites for hydroxylation is 2. The fourth-order valence-electron chi connectivity index (χ4n) is 1.68. The molecule has 1 aromatic rings. The maximum absolute atomic E-state index is 6.06. The Morgan fingerprint density at radius 3 is 1.63 bits per heavy atom. The van der Waals surface area contributed by atoms with Gasteiger partial charge in [0.05, 0.1) is 5.69 Å². The van der Waals surface area contributed by atoms with Crippen molar-refractivity contribution >= 4 is 43.2 Å². The average molecular weight is 716 g/mol. The molecule has 0 saturated carbocycles. The topological polar surface area (TPSA) is 81.0 Å². The third kappa shape index (κ3) is 50.3. The molecule has 0 aliphatic carbocycles. The molecule has 0 unspecified atom stereocenters. The van der Waals surface area contributed by atoms with Gasteiger partial charge in [-0.25, -0.2) is 0 Å². The Bertz CT molecular complexity index is 1020. The van der Waals surface area contributed by atoms with Crippen molar-refractivity contribution in [3.8, 4) is 12.3 Å². The second kappa shape index (κ2) is 38.4. The number of nitrogens with zero attached hydrogens (tertiary/aromatic N) is 5. The van der Waals surface area contributed by atoms with Crippen LogP contribution in [-0.2, 0) is 30.0 Å². The zero-order chi connectivity index (χ0) is 33.3. The van der Waals surface area contributed by atoms with Gasteiger partial charge < -0.3 is 0 Å². The van der Waals surface area contributed by atoms with Crippen LogP contribution in [0.5, 0.6) is 0 Å². The molecule has 1 heterocycles. The molecule has 1 rings (SSSR count). The van der Waals surface area contributed by atoms with E-state index in [1.54, 1.807) is 43.2 Å². The summed E-state index contributed by atoms with van der Waals surface area (Å²) in [4.78, 5) is 7.71. The van der Waals surface area contributed by atoms with E-state index in [-0.39, 0.29) is 17.1 Å². The predicted molar refractivity (Wildman–Crippen MR) is 198 cm³/mol. The van der Waals surface area contributed by atoms with E-state index in [1.165, 1.54) is 15.4 Å². The van der Waals surface area contributed by atoms with Gasteiger partial charge >= 0.3 is 17.1 Å². The Hall–Kier alpha value is -1.63. The maximum atomic E-state index is 6.06. The minimum Gasteiger partial charge on any atom is -0.253 e. The molecular weight excluding hydrogens is 660 g/mol. The normalized spacial score (nSPS) is 9.60. The quantitative estimate of drug-likeness (QED) is 0.0547. The van der Waals surface area contributed by atoms with Crippen molar-refractivity contribution in [1.82, 2.24) is 19.9 Å². The summed E-state index contributed by atoms with van der Waals surface area (Å²) >= 11 is 0. The van der Waals surface area contributed by atoms with Gasteiger partial charge in [-0.15, -0.1) is 30.6 Å². The molecule has 246 valence electrons. The van der Waals surface area contributed by atoms with Gasteiger partial charge in [0, 0.05) is 19.2 Å². The number of nitrogens with one attached hydrogen (secondary N) is 1.